The van der Waals surface area contributed by atoms with E-state index in [4.69, 9.17) is 23.3 Å². The molecule has 1 aromatic heterocycles. The third kappa shape index (κ3) is 14.6. The number of rotatable bonds is 21. The molecule has 2 N–H and O–H groups in total. The summed E-state index contributed by atoms with van der Waals surface area (Å²) in [6.45, 7) is 1.54. The van der Waals surface area contributed by atoms with Crippen LogP contribution in [0.25, 0.3) is 0 Å². The second kappa shape index (κ2) is 22.3. The van der Waals surface area contributed by atoms with Crippen LogP contribution in [0.4, 0.5) is 0 Å². The molecule has 5 aromatic rings. The summed E-state index contributed by atoms with van der Waals surface area (Å²) in [7, 11) is -4.10. The number of carbonyl (C=O) groups excluding carboxylic acids is 3. The van der Waals surface area contributed by atoms with Crippen molar-refractivity contribution in [2.75, 3.05) is 0 Å². The molecule has 0 aliphatic heterocycles. The van der Waals surface area contributed by atoms with Gasteiger partial charge in [0.15, 0.2) is 0 Å². The molecule has 1 fully saturated rings. The Labute approximate surface area is 350 Å². The highest BCUT2D eigenvalue weighted by atomic mass is 32.1. The Morgan fingerprint density at radius 2 is 1.32 bits per heavy atom. The molecule has 1 saturated carbocycles. The number of phosphoric ester groups is 1. The van der Waals surface area contributed by atoms with Crippen LogP contribution in [0, 0.1) is 5.92 Å². The van der Waals surface area contributed by atoms with Crippen LogP contribution in [0.5, 0.6) is 5.75 Å². The quantitative estimate of drug-likeness (QED) is 0.0546. The highest BCUT2D eigenvalue weighted by Crippen LogP contribution is 2.51. The van der Waals surface area contributed by atoms with Gasteiger partial charge in [0, 0.05) is 30.8 Å². The molecule has 2 amide bonds. The van der Waals surface area contributed by atoms with E-state index < -0.39 is 25.8 Å². The molecule has 310 valence electrons. The number of nitrogens with zero attached hydrogens (tertiary/aromatic N) is 1. The minimum atomic E-state index is -4.10. The average Bonchev–Trinajstić information content (AvgIpc) is 3.73. The number of nitrogens with one attached hydrogen (secondary N) is 2. The number of esters is 1. The lowest BCUT2D eigenvalue weighted by molar-refractivity contribution is -0.145. The Kier molecular flexibility index (Phi) is 16.4. The molecule has 4 aromatic carbocycles. The van der Waals surface area contributed by atoms with Gasteiger partial charge in [-0.1, -0.05) is 135 Å². The average molecular weight is 838 g/mol. The molecule has 11 nitrogen and oxygen atoms in total. The first-order valence-corrected chi connectivity index (χ1v) is 22.4. The monoisotopic (exact) mass is 837 g/mol. The predicted molar refractivity (Wildman–Crippen MR) is 227 cm³/mol. The molecule has 0 radical (unpaired) electrons. The maximum Gasteiger partial charge on any atom is 0.530 e. The first-order valence-electron chi connectivity index (χ1n) is 20.2. The maximum absolute atomic E-state index is 14.0. The lowest BCUT2D eigenvalue weighted by Gasteiger charge is -2.23. The Hall–Kier alpha value is -5.13. The summed E-state index contributed by atoms with van der Waals surface area (Å²) < 4.78 is 36.9. The number of amides is 2. The summed E-state index contributed by atoms with van der Waals surface area (Å²) in [5, 5.41) is 6.59. The van der Waals surface area contributed by atoms with E-state index in [1.54, 1.807) is 35.6 Å². The summed E-state index contributed by atoms with van der Waals surface area (Å²) >= 11 is 1.56. The van der Waals surface area contributed by atoms with Crippen molar-refractivity contribution >= 4 is 36.9 Å². The van der Waals surface area contributed by atoms with E-state index in [0.717, 1.165) is 28.0 Å². The van der Waals surface area contributed by atoms with Crippen LogP contribution in [0.2, 0.25) is 0 Å². The van der Waals surface area contributed by atoms with Crippen LogP contribution in [-0.4, -0.2) is 28.8 Å². The van der Waals surface area contributed by atoms with Crippen molar-refractivity contribution < 1.29 is 37.3 Å². The standard InChI is InChI=1S/C46H52N3O8PS/c1-34(50)48-43(29-36-22-24-40(25-23-36)57-58(53,55-32-38-18-10-4-11-19-38)56-33-39-20-12-5-13-21-39)45(52)49-42(26-27-44(51)54-31-37-16-8-3-9-17-37)46-47-30-41(59-46)28-35-14-6-2-7-15-35/h3-5,8-13,16-25,30,35,42-43H,2,6-7,14-15,26-29,31-33H2,1H3,(H,48,50)(H,49,52)/t42?,43-/m0/s1. The molecule has 59 heavy (non-hydrogen) atoms. The van der Waals surface area contributed by atoms with Crippen molar-refractivity contribution in [1.82, 2.24) is 15.6 Å². The van der Waals surface area contributed by atoms with E-state index in [1.165, 1.54) is 39.0 Å². The molecule has 0 spiro atoms. The van der Waals surface area contributed by atoms with Crippen molar-refractivity contribution in [3.63, 3.8) is 0 Å². The molecule has 0 saturated heterocycles. The van der Waals surface area contributed by atoms with Gasteiger partial charge in [0.25, 0.3) is 0 Å². The van der Waals surface area contributed by atoms with Gasteiger partial charge in [0.2, 0.25) is 11.8 Å². The van der Waals surface area contributed by atoms with E-state index in [-0.39, 0.29) is 56.7 Å². The largest absolute Gasteiger partial charge is 0.530 e. The Balaban J connectivity index is 1.12. The predicted octanol–water partition coefficient (Wildman–Crippen LogP) is 9.61. The molecular formula is C46H52N3O8PS. The highest BCUT2D eigenvalue weighted by molar-refractivity contribution is 7.48. The molecule has 2 atom stereocenters. The molecule has 1 aliphatic rings. The molecule has 6 rings (SSSR count). The number of thiazole rings is 1. The smallest absolute Gasteiger partial charge is 0.461 e. The molecule has 1 unspecified atom stereocenters. The first kappa shape index (κ1) is 43.4. The van der Waals surface area contributed by atoms with Crippen LogP contribution in [0.1, 0.15) is 90.0 Å². The van der Waals surface area contributed by atoms with Crippen LogP contribution < -0.4 is 15.2 Å². The lowest BCUT2D eigenvalue weighted by atomic mass is 9.87. The van der Waals surface area contributed by atoms with Crippen molar-refractivity contribution in [3.8, 4) is 5.75 Å². The highest BCUT2D eigenvalue weighted by Gasteiger charge is 2.30. The van der Waals surface area contributed by atoms with E-state index in [9.17, 15) is 18.9 Å². The maximum atomic E-state index is 14.0. The second-order valence-corrected chi connectivity index (χ2v) is 17.5. The van der Waals surface area contributed by atoms with Gasteiger partial charge in [0.05, 0.1) is 19.3 Å². The fourth-order valence-electron chi connectivity index (χ4n) is 6.91. The van der Waals surface area contributed by atoms with Crippen LogP contribution in [0.3, 0.4) is 0 Å². The fourth-order valence-corrected chi connectivity index (χ4v) is 9.20. The van der Waals surface area contributed by atoms with Crippen molar-refractivity contribution in [3.05, 3.63) is 154 Å². The van der Waals surface area contributed by atoms with Gasteiger partial charge in [-0.3, -0.25) is 23.4 Å². The number of aromatic nitrogens is 1. The van der Waals surface area contributed by atoms with Crippen molar-refractivity contribution in [1.29, 1.82) is 0 Å². The van der Waals surface area contributed by atoms with Gasteiger partial charge in [-0.05, 0) is 53.1 Å². The lowest BCUT2D eigenvalue weighted by Crippen LogP contribution is -2.48. The number of ether oxygens (including phenoxy) is 1. The van der Waals surface area contributed by atoms with Gasteiger partial charge in [-0.2, -0.15) is 0 Å². The van der Waals surface area contributed by atoms with Gasteiger partial charge in [0.1, 0.15) is 23.4 Å². The summed E-state index contributed by atoms with van der Waals surface area (Å²) in [6, 6.07) is 33.3. The molecule has 0 bridgehead atoms. The van der Waals surface area contributed by atoms with Crippen molar-refractivity contribution in [2.45, 2.75) is 96.6 Å². The minimum absolute atomic E-state index is 0.0111. The number of carbonyl (C=O) groups is 3. The zero-order valence-corrected chi connectivity index (χ0v) is 35.0. The first-order chi connectivity index (χ1) is 28.7. The number of phosphoric acid groups is 1. The minimum Gasteiger partial charge on any atom is -0.461 e. The number of benzene rings is 4. The summed E-state index contributed by atoms with van der Waals surface area (Å²) in [5.41, 5.74) is 3.20. The summed E-state index contributed by atoms with van der Waals surface area (Å²) in [5.74, 6) is -0.309. The topological polar surface area (TPSA) is 142 Å². The summed E-state index contributed by atoms with van der Waals surface area (Å²) in [4.78, 5) is 45.2. The van der Waals surface area contributed by atoms with E-state index in [0.29, 0.717) is 16.5 Å². The van der Waals surface area contributed by atoms with Gasteiger partial charge >= 0.3 is 13.8 Å². The third-order valence-corrected chi connectivity index (χ3v) is 12.5. The van der Waals surface area contributed by atoms with E-state index in [2.05, 4.69) is 10.6 Å². The zero-order valence-electron chi connectivity index (χ0n) is 33.3. The van der Waals surface area contributed by atoms with Gasteiger partial charge < -0.3 is 19.9 Å². The van der Waals surface area contributed by atoms with E-state index in [1.807, 2.05) is 97.2 Å². The van der Waals surface area contributed by atoms with Gasteiger partial charge in [-0.15, -0.1) is 11.3 Å². The van der Waals surface area contributed by atoms with Crippen LogP contribution in [-0.2, 0) is 65.4 Å². The van der Waals surface area contributed by atoms with Crippen LogP contribution >= 0.6 is 19.2 Å². The summed E-state index contributed by atoms with van der Waals surface area (Å²) in [6.07, 6.45) is 9.49. The molecular weight excluding hydrogens is 786 g/mol. The van der Waals surface area contributed by atoms with Crippen LogP contribution in [0.15, 0.2) is 121 Å². The zero-order chi connectivity index (χ0) is 41.3. The Morgan fingerprint density at radius 3 is 1.90 bits per heavy atom. The number of hydrogen-bond donors (Lipinski definition) is 2. The Morgan fingerprint density at radius 1 is 0.746 bits per heavy atom. The van der Waals surface area contributed by atoms with Gasteiger partial charge in [-0.25, -0.2) is 9.55 Å². The molecule has 1 aliphatic carbocycles. The number of hydrogen-bond acceptors (Lipinski definition) is 10. The fraction of sp³-hybridized carbons (Fsp3) is 0.348. The third-order valence-electron chi connectivity index (χ3n) is 10.0. The second-order valence-electron chi connectivity index (χ2n) is 14.8. The SMILES string of the molecule is CC(=O)N[C@@H](Cc1ccc(OP(=O)(OCc2ccccc2)OCc2ccccc2)cc1)C(=O)NC(CCC(=O)OCc1ccccc1)c1ncc(CC2CCCCC2)s1. The Bertz CT molecular complexity index is 2070. The molecule has 1 heterocycles. The van der Waals surface area contributed by atoms with Crippen molar-refractivity contribution in [2.24, 2.45) is 5.92 Å². The van der Waals surface area contributed by atoms with E-state index >= 15 is 0 Å². The normalized spacial score (nSPS) is 14.2. The molecule has 13 heteroatoms.